The lowest BCUT2D eigenvalue weighted by atomic mass is 10.00. The van der Waals surface area contributed by atoms with E-state index in [4.69, 9.17) is 9.47 Å². The highest BCUT2D eigenvalue weighted by Crippen LogP contribution is 2.27. The van der Waals surface area contributed by atoms with Gasteiger partial charge in [-0.15, -0.1) is 0 Å². The molecule has 5 atom stereocenters. The molecule has 0 aromatic rings. The zero-order valence-electron chi connectivity index (χ0n) is 11.8. The molecule has 1 saturated heterocycles. The molecular weight excluding hydrogens is 291 g/mol. The molecule has 1 aliphatic rings. The summed E-state index contributed by atoms with van der Waals surface area (Å²) >= 11 is 0. The van der Waals surface area contributed by atoms with E-state index in [0.29, 0.717) is 0 Å². The maximum absolute atomic E-state index is 14.3. The van der Waals surface area contributed by atoms with Gasteiger partial charge in [-0.05, 0) is 0 Å². The van der Waals surface area contributed by atoms with Gasteiger partial charge in [0.25, 0.3) is 0 Å². The number of ether oxygens (including phenoxy) is 4. The summed E-state index contributed by atoms with van der Waals surface area (Å²) in [6, 6.07) is 0. The first-order valence-corrected chi connectivity index (χ1v) is 6.17. The molecular formula is C12H17FO8. The molecule has 1 fully saturated rings. The largest absolute Gasteiger partial charge is 0.463 e. The predicted molar refractivity (Wildman–Crippen MR) is 63.5 cm³/mol. The molecule has 0 radical (unpaired) electrons. The van der Waals surface area contributed by atoms with Crippen molar-refractivity contribution >= 4 is 17.9 Å². The van der Waals surface area contributed by atoms with Crippen LogP contribution in [0.2, 0.25) is 0 Å². The summed E-state index contributed by atoms with van der Waals surface area (Å²) in [5.74, 6) is -2.27. The summed E-state index contributed by atoms with van der Waals surface area (Å²) in [6.07, 6.45) is -8.12. The Morgan fingerprint density at radius 1 is 1.05 bits per heavy atom. The molecule has 0 spiro atoms. The Balaban J connectivity index is 2.86. The van der Waals surface area contributed by atoms with E-state index in [1.165, 1.54) is 0 Å². The van der Waals surface area contributed by atoms with Gasteiger partial charge in [-0.25, -0.2) is 4.39 Å². The third-order valence-corrected chi connectivity index (χ3v) is 2.64. The minimum absolute atomic E-state index is 0.419. The van der Waals surface area contributed by atoms with Crippen molar-refractivity contribution in [1.29, 1.82) is 0 Å². The smallest absolute Gasteiger partial charge is 0.303 e. The fraction of sp³-hybridized carbons (Fsp3) is 0.750. The van der Waals surface area contributed by atoms with Crippen molar-refractivity contribution < 1.29 is 42.8 Å². The van der Waals surface area contributed by atoms with Gasteiger partial charge in [0.2, 0.25) is 0 Å². The van der Waals surface area contributed by atoms with Crippen LogP contribution in [0.1, 0.15) is 20.8 Å². The second-order valence-electron chi connectivity index (χ2n) is 4.46. The Kier molecular flexibility index (Phi) is 6.03. The predicted octanol–water partition coefficient (Wildman–Crippen LogP) is -0.532. The lowest BCUT2D eigenvalue weighted by Gasteiger charge is -2.39. The maximum atomic E-state index is 14.3. The summed E-state index contributed by atoms with van der Waals surface area (Å²) in [7, 11) is 0. The Hall–Kier alpha value is -1.74. The number of hydrogen-bond acceptors (Lipinski definition) is 8. The van der Waals surface area contributed by atoms with Crippen LogP contribution in [0.15, 0.2) is 0 Å². The monoisotopic (exact) mass is 308 g/mol. The minimum Gasteiger partial charge on any atom is -0.463 e. The Labute approximate surface area is 120 Å². The number of alkyl halides is 1. The molecule has 0 unspecified atom stereocenters. The van der Waals surface area contributed by atoms with Crippen molar-refractivity contribution in [2.75, 3.05) is 6.61 Å². The maximum Gasteiger partial charge on any atom is 0.303 e. The molecule has 8 nitrogen and oxygen atoms in total. The van der Waals surface area contributed by atoms with Crippen LogP contribution in [-0.4, -0.2) is 60.4 Å². The molecule has 0 aromatic heterocycles. The first kappa shape index (κ1) is 17.3. The van der Waals surface area contributed by atoms with Gasteiger partial charge in [0, 0.05) is 20.8 Å². The van der Waals surface area contributed by atoms with Crippen LogP contribution in [0.25, 0.3) is 0 Å². The average Bonchev–Trinajstić information content (AvgIpc) is 2.35. The van der Waals surface area contributed by atoms with Gasteiger partial charge < -0.3 is 24.1 Å². The van der Waals surface area contributed by atoms with Gasteiger partial charge in [-0.1, -0.05) is 0 Å². The first-order chi connectivity index (χ1) is 9.72. The van der Waals surface area contributed by atoms with Gasteiger partial charge in [0.1, 0.15) is 12.7 Å². The minimum atomic E-state index is -2.03. The number of rotatable bonds is 4. The number of aliphatic hydroxyl groups is 1. The van der Waals surface area contributed by atoms with Crippen LogP contribution in [0.5, 0.6) is 0 Å². The van der Waals surface area contributed by atoms with Crippen molar-refractivity contribution in [3.63, 3.8) is 0 Å². The molecule has 9 heteroatoms. The van der Waals surface area contributed by atoms with Gasteiger partial charge in [0.15, 0.2) is 24.7 Å². The van der Waals surface area contributed by atoms with Gasteiger partial charge >= 0.3 is 17.9 Å². The van der Waals surface area contributed by atoms with Gasteiger partial charge in [0.05, 0.1) is 0 Å². The van der Waals surface area contributed by atoms with Crippen LogP contribution in [0.3, 0.4) is 0 Å². The molecule has 0 amide bonds. The third-order valence-electron chi connectivity index (χ3n) is 2.64. The third kappa shape index (κ3) is 4.94. The number of esters is 3. The SMILES string of the molecule is CC(=O)OC[C@H]1O[C@@H](O)[C@H](OC(C)=O)[C@H](F)[C@@H]1OC(C)=O. The molecule has 0 aliphatic carbocycles. The number of aliphatic hydroxyl groups excluding tert-OH is 1. The number of halogens is 1. The van der Waals surface area contributed by atoms with Crippen LogP contribution < -0.4 is 0 Å². The lowest BCUT2D eigenvalue weighted by Crippen LogP contribution is -2.59. The standard InChI is InChI=1S/C12H17FO8/c1-5(14)18-4-8-10(19-6(2)15)9(13)11(12(17)21-8)20-7(3)16/h8-12,17H,4H2,1-3H3/t8-,9-,10-,11-,12-/m1/s1. The van der Waals surface area contributed by atoms with E-state index in [2.05, 4.69) is 9.47 Å². The Morgan fingerprint density at radius 2 is 1.57 bits per heavy atom. The molecule has 1 N–H and O–H groups in total. The molecule has 21 heavy (non-hydrogen) atoms. The van der Waals surface area contributed by atoms with Crippen molar-refractivity contribution in [3.8, 4) is 0 Å². The van der Waals surface area contributed by atoms with Crippen LogP contribution >= 0.6 is 0 Å². The Morgan fingerprint density at radius 3 is 2.05 bits per heavy atom. The van der Waals surface area contributed by atoms with E-state index in [9.17, 15) is 23.9 Å². The van der Waals surface area contributed by atoms with Crippen molar-refractivity contribution in [1.82, 2.24) is 0 Å². The van der Waals surface area contributed by atoms with Crippen LogP contribution in [-0.2, 0) is 33.3 Å². The number of carbonyl (C=O) groups is 3. The topological polar surface area (TPSA) is 108 Å². The summed E-state index contributed by atoms with van der Waals surface area (Å²) in [4.78, 5) is 32.7. The molecule has 1 rings (SSSR count). The highest BCUT2D eigenvalue weighted by molar-refractivity contribution is 5.67. The fourth-order valence-corrected chi connectivity index (χ4v) is 1.86. The van der Waals surface area contributed by atoms with E-state index >= 15 is 0 Å². The second-order valence-corrected chi connectivity index (χ2v) is 4.46. The van der Waals surface area contributed by atoms with E-state index < -0.39 is 55.3 Å². The van der Waals surface area contributed by atoms with Gasteiger partial charge in [-0.3, -0.25) is 14.4 Å². The Bertz CT molecular complexity index is 410. The zero-order chi connectivity index (χ0) is 16.2. The molecule has 0 saturated carbocycles. The molecule has 120 valence electrons. The average molecular weight is 308 g/mol. The van der Waals surface area contributed by atoms with Crippen LogP contribution in [0, 0.1) is 0 Å². The van der Waals surface area contributed by atoms with E-state index in [1.54, 1.807) is 0 Å². The number of carbonyl (C=O) groups excluding carboxylic acids is 3. The molecule has 1 aliphatic heterocycles. The summed E-state index contributed by atoms with van der Waals surface area (Å²) in [5.41, 5.74) is 0. The van der Waals surface area contributed by atoms with Crippen LogP contribution in [0.4, 0.5) is 4.39 Å². The summed E-state index contributed by atoms with van der Waals surface area (Å²) < 4.78 is 33.4. The second kappa shape index (κ2) is 7.32. The molecule has 0 bridgehead atoms. The number of hydrogen-bond donors (Lipinski definition) is 1. The highest BCUT2D eigenvalue weighted by atomic mass is 19.1. The fourth-order valence-electron chi connectivity index (χ4n) is 1.86. The molecule has 1 heterocycles. The van der Waals surface area contributed by atoms with E-state index in [0.717, 1.165) is 20.8 Å². The summed E-state index contributed by atoms with van der Waals surface area (Å²) in [6.45, 7) is 2.80. The van der Waals surface area contributed by atoms with Crippen molar-refractivity contribution in [2.45, 2.75) is 51.5 Å². The summed E-state index contributed by atoms with van der Waals surface area (Å²) in [5, 5.41) is 9.66. The zero-order valence-corrected chi connectivity index (χ0v) is 11.8. The lowest BCUT2D eigenvalue weighted by molar-refractivity contribution is -0.283. The normalized spacial score (nSPS) is 32.1. The van der Waals surface area contributed by atoms with E-state index in [-0.39, 0.29) is 0 Å². The molecule has 0 aromatic carbocycles. The van der Waals surface area contributed by atoms with Crippen molar-refractivity contribution in [3.05, 3.63) is 0 Å². The highest BCUT2D eigenvalue weighted by Gasteiger charge is 2.50. The first-order valence-electron chi connectivity index (χ1n) is 6.17. The van der Waals surface area contributed by atoms with Gasteiger partial charge in [-0.2, -0.15) is 0 Å². The van der Waals surface area contributed by atoms with Crippen molar-refractivity contribution in [2.24, 2.45) is 0 Å². The van der Waals surface area contributed by atoms with E-state index in [1.807, 2.05) is 0 Å². The quantitative estimate of drug-likeness (QED) is 0.545.